The summed E-state index contributed by atoms with van der Waals surface area (Å²) in [6.07, 6.45) is 1.47. The van der Waals surface area contributed by atoms with Gasteiger partial charge in [-0.2, -0.15) is 0 Å². The molecule has 0 radical (unpaired) electrons. The molecule has 10 heteroatoms. The number of imide groups is 1. The van der Waals surface area contributed by atoms with E-state index in [0.29, 0.717) is 22.7 Å². The topological polar surface area (TPSA) is 140 Å². The molecule has 0 atom stereocenters. The molecule has 0 saturated heterocycles. The number of fused-ring (bicyclic) bond motifs is 1. The summed E-state index contributed by atoms with van der Waals surface area (Å²) in [7, 11) is 0. The molecular weight excluding hydrogens is 466 g/mol. The van der Waals surface area contributed by atoms with Crippen molar-refractivity contribution in [3.63, 3.8) is 0 Å². The number of amides is 4. The highest BCUT2D eigenvalue weighted by atomic mass is 16.5. The van der Waals surface area contributed by atoms with Crippen LogP contribution in [0.1, 0.15) is 27.2 Å². The molecule has 10 nitrogen and oxygen atoms in total. The summed E-state index contributed by atoms with van der Waals surface area (Å²) in [6.45, 7) is 1.84. The zero-order valence-electron chi connectivity index (χ0n) is 19.3. The van der Waals surface area contributed by atoms with Crippen LogP contribution in [0.4, 0.5) is 4.79 Å². The van der Waals surface area contributed by atoms with Gasteiger partial charge < -0.3 is 24.2 Å². The number of carbonyl (C=O) groups is 3. The number of hydrogen-bond donors (Lipinski definition) is 3. The molecule has 0 aliphatic rings. The molecule has 0 aliphatic carbocycles. The van der Waals surface area contributed by atoms with E-state index in [0.717, 1.165) is 16.5 Å². The average Bonchev–Trinajstić information content (AvgIpc) is 3.38. The summed E-state index contributed by atoms with van der Waals surface area (Å²) in [5.74, 6) is -0.0435. The van der Waals surface area contributed by atoms with Crippen LogP contribution >= 0.6 is 0 Å². The zero-order chi connectivity index (χ0) is 25.5. The van der Waals surface area contributed by atoms with Crippen LogP contribution in [0.5, 0.6) is 5.75 Å². The van der Waals surface area contributed by atoms with E-state index in [2.05, 4.69) is 16.0 Å². The fourth-order valence-electron chi connectivity index (χ4n) is 3.37. The van der Waals surface area contributed by atoms with Gasteiger partial charge in [-0.15, -0.1) is 0 Å². The SMILES string of the molecule is Cc1cc(=O)oc2cc(OCc3ccc(C(=O)NCC(=O)NC(=O)NCc4ccco4)cc3)ccc12. The standard InChI is InChI=1S/C26H23N3O7/c1-16-11-24(31)36-22-12-19(8-9-21(16)22)35-15-17-4-6-18(7-5-17)25(32)27-14-23(30)29-26(33)28-13-20-3-2-10-34-20/h2-12H,13-15H2,1H3,(H,27,32)(H2,28,29,30,33). The largest absolute Gasteiger partial charge is 0.489 e. The Morgan fingerprint density at radius 2 is 1.78 bits per heavy atom. The molecule has 0 saturated carbocycles. The first-order valence-electron chi connectivity index (χ1n) is 11.0. The Balaban J connectivity index is 1.23. The molecule has 2 aromatic carbocycles. The third kappa shape index (κ3) is 6.38. The van der Waals surface area contributed by atoms with Crippen LogP contribution in [0.2, 0.25) is 0 Å². The smallest absolute Gasteiger partial charge is 0.336 e. The highest BCUT2D eigenvalue weighted by Crippen LogP contribution is 2.23. The first-order chi connectivity index (χ1) is 17.4. The highest BCUT2D eigenvalue weighted by molar-refractivity contribution is 5.99. The summed E-state index contributed by atoms with van der Waals surface area (Å²) in [5, 5.41) is 7.89. The van der Waals surface area contributed by atoms with Gasteiger partial charge in [-0.25, -0.2) is 9.59 Å². The van der Waals surface area contributed by atoms with Crippen molar-refractivity contribution in [2.24, 2.45) is 0 Å². The van der Waals surface area contributed by atoms with Crippen molar-refractivity contribution >= 4 is 28.8 Å². The van der Waals surface area contributed by atoms with E-state index < -0.39 is 23.5 Å². The Morgan fingerprint density at radius 1 is 0.972 bits per heavy atom. The third-order valence-corrected chi connectivity index (χ3v) is 5.21. The van der Waals surface area contributed by atoms with E-state index in [-0.39, 0.29) is 19.7 Å². The molecule has 0 fully saturated rings. The Kier molecular flexibility index (Phi) is 7.45. The lowest BCUT2D eigenvalue weighted by Crippen LogP contribution is -2.44. The van der Waals surface area contributed by atoms with Gasteiger partial charge in [-0.3, -0.25) is 14.9 Å². The molecule has 3 N–H and O–H groups in total. The van der Waals surface area contributed by atoms with E-state index in [1.807, 2.05) is 13.0 Å². The Morgan fingerprint density at radius 3 is 2.53 bits per heavy atom. The number of hydrogen-bond acceptors (Lipinski definition) is 7. The lowest BCUT2D eigenvalue weighted by Gasteiger charge is -2.09. The number of benzene rings is 2. The van der Waals surface area contributed by atoms with Gasteiger partial charge in [-0.05, 0) is 54.4 Å². The molecule has 4 aromatic rings. The van der Waals surface area contributed by atoms with Crippen LogP contribution < -0.4 is 26.3 Å². The van der Waals surface area contributed by atoms with Crippen molar-refractivity contribution in [3.8, 4) is 5.75 Å². The van der Waals surface area contributed by atoms with Gasteiger partial charge in [0.25, 0.3) is 5.91 Å². The second-order valence-corrected chi connectivity index (χ2v) is 7.88. The first kappa shape index (κ1) is 24.3. The lowest BCUT2D eigenvalue weighted by atomic mass is 10.1. The maximum Gasteiger partial charge on any atom is 0.336 e. The van der Waals surface area contributed by atoms with Crippen LogP contribution in [0.15, 0.2) is 80.6 Å². The minimum Gasteiger partial charge on any atom is -0.489 e. The number of carbonyl (C=O) groups excluding carboxylic acids is 3. The van der Waals surface area contributed by atoms with Gasteiger partial charge in [0.15, 0.2) is 0 Å². The molecule has 4 rings (SSSR count). The molecule has 4 amide bonds. The summed E-state index contributed by atoms with van der Waals surface area (Å²) >= 11 is 0. The molecular formula is C26H23N3O7. The van der Waals surface area contributed by atoms with Gasteiger partial charge in [0.05, 0.1) is 19.4 Å². The summed E-state index contributed by atoms with van der Waals surface area (Å²) in [5.41, 5.74) is 2.01. The third-order valence-electron chi connectivity index (χ3n) is 5.21. The van der Waals surface area contributed by atoms with Crippen LogP contribution in [-0.2, 0) is 17.9 Å². The Labute approximate surface area is 205 Å². The molecule has 0 aliphatic heterocycles. The monoisotopic (exact) mass is 489 g/mol. The van der Waals surface area contributed by atoms with E-state index in [9.17, 15) is 19.2 Å². The summed E-state index contributed by atoms with van der Waals surface area (Å²) in [6, 6.07) is 16.0. The molecule has 0 spiro atoms. The van der Waals surface area contributed by atoms with Crippen LogP contribution in [0.25, 0.3) is 11.0 Å². The predicted octanol–water partition coefficient (Wildman–Crippen LogP) is 3.03. The highest BCUT2D eigenvalue weighted by Gasteiger charge is 2.11. The van der Waals surface area contributed by atoms with Gasteiger partial charge in [0, 0.05) is 23.1 Å². The molecule has 184 valence electrons. The summed E-state index contributed by atoms with van der Waals surface area (Å²) < 4.78 is 16.1. The van der Waals surface area contributed by atoms with Crippen LogP contribution in [0.3, 0.4) is 0 Å². The number of aryl methyl sites for hydroxylation is 1. The second kappa shape index (κ2) is 11.0. The van der Waals surface area contributed by atoms with Crippen molar-refractivity contribution in [3.05, 3.63) is 99.8 Å². The number of furan rings is 1. The fraction of sp³-hybridized carbons (Fsp3) is 0.154. The maximum atomic E-state index is 12.3. The normalized spacial score (nSPS) is 10.6. The Hall–Kier alpha value is -4.86. The molecule has 0 unspecified atom stereocenters. The first-order valence-corrected chi connectivity index (χ1v) is 11.0. The van der Waals surface area contributed by atoms with E-state index in [1.165, 1.54) is 12.3 Å². The van der Waals surface area contributed by atoms with Crippen LogP contribution in [0, 0.1) is 6.92 Å². The van der Waals surface area contributed by atoms with Crippen molar-refractivity contribution in [2.75, 3.05) is 6.54 Å². The number of rotatable bonds is 8. The van der Waals surface area contributed by atoms with Gasteiger partial charge >= 0.3 is 11.7 Å². The van der Waals surface area contributed by atoms with Crippen molar-refractivity contribution in [1.29, 1.82) is 0 Å². The molecule has 2 aromatic heterocycles. The summed E-state index contributed by atoms with van der Waals surface area (Å²) in [4.78, 5) is 47.5. The van der Waals surface area contributed by atoms with Crippen molar-refractivity contribution < 1.29 is 28.0 Å². The zero-order valence-corrected chi connectivity index (χ0v) is 19.3. The van der Waals surface area contributed by atoms with Crippen molar-refractivity contribution in [2.45, 2.75) is 20.1 Å². The molecule has 0 bridgehead atoms. The number of ether oxygens (including phenoxy) is 1. The minimum absolute atomic E-state index is 0.130. The van der Waals surface area contributed by atoms with E-state index in [1.54, 1.807) is 48.5 Å². The Bertz CT molecular complexity index is 1440. The molecule has 36 heavy (non-hydrogen) atoms. The predicted molar refractivity (Wildman–Crippen MR) is 129 cm³/mol. The van der Waals surface area contributed by atoms with Gasteiger partial charge in [0.1, 0.15) is 23.7 Å². The quantitative estimate of drug-likeness (QED) is 0.323. The second-order valence-electron chi connectivity index (χ2n) is 7.88. The molecule has 2 heterocycles. The van der Waals surface area contributed by atoms with Gasteiger partial charge in [-0.1, -0.05) is 12.1 Å². The fourth-order valence-corrected chi connectivity index (χ4v) is 3.37. The minimum atomic E-state index is -0.696. The van der Waals surface area contributed by atoms with E-state index in [4.69, 9.17) is 13.6 Å². The average molecular weight is 489 g/mol. The van der Waals surface area contributed by atoms with E-state index >= 15 is 0 Å². The van der Waals surface area contributed by atoms with Crippen molar-refractivity contribution in [1.82, 2.24) is 16.0 Å². The number of urea groups is 1. The number of nitrogens with one attached hydrogen (secondary N) is 3. The van der Waals surface area contributed by atoms with Crippen LogP contribution in [-0.4, -0.2) is 24.4 Å². The van der Waals surface area contributed by atoms with Gasteiger partial charge in [0.2, 0.25) is 5.91 Å². The lowest BCUT2D eigenvalue weighted by molar-refractivity contribution is -0.119. The maximum absolute atomic E-state index is 12.3.